The fourth-order valence-corrected chi connectivity index (χ4v) is 2.67. The van der Waals surface area contributed by atoms with E-state index >= 15 is 0 Å². The maximum absolute atomic E-state index is 12.5. The molecule has 0 radical (unpaired) electrons. The van der Waals surface area contributed by atoms with E-state index in [0.29, 0.717) is 18.7 Å². The van der Waals surface area contributed by atoms with Crippen molar-refractivity contribution in [2.24, 2.45) is 5.41 Å². The average molecular weight is 369 g/mol. The number of benzene rings is 2. The monoisotopic (exact) mass is 369 g/mol. The molecule has 0 aromatic heterocycles. The zero-order valence-corrected chi connectivity index (χ0v) is 16.3. The third-order valence-electron chi connectivity index (χ3n) is 4.55. The quantitative estimate of drug-likeness (QED) is 0.654. The van der Waals surface area contributed by atoms with Gasteiger partial charge < -0.3 is 15.2 Å². The highest BCUT2D eigenvalue weighted by molar-refractivity contribution is 5.95. The van der Waals surface area contributed by atoms with Crippen LogP contribution in [0.5, 0.6) is 5.75 Å². The van der Waals surface area contributed by atoms with Crippen LogP contribution in [0.4, 0.5) is 5.69 Å². The predicted octanol–water partition coefficient (Wildman–Crippen LogP) is 4.83. The van der Waals surface area contributed by atoms with Crippen LogP contribution in [0, 0.1) is 19.3 Å². The summed E-state index contributed by atoms with van der Waals surface area (Å²) in [7, 11) is 0. The lowest BCUT2D eigenvalue weighted by Gasteiger charge is -2.23. The minimum atomic E-state index is -0.989. The van der Waals surface area contributed by atoms with Crippen molar-refractivity contribution in [2.75, 3.05) is 11.9 Å². The number of carboxylic acids is 1. The van der Waals surface area contributed by atoms with E-state index in [-0.39, 0.29) is 11.5 Å². The van der Waals surface area contributed by atoms with Gasteiger partial charge in [0.2, 0.25) is 5.91 Å². The molecule has 2 N–H and O–H groups in total. The molecule has 0 heterocycles. The van der Waals surface area contributed by atoms with Gasteiger partial charge in [0, 0.05) is 11.1 Å². The van der Waals surface area contributed by atoms with E-state index in [1.165, 1.54) is 12.1 Å². The van der Waals surface area contributed by atoms with Crippen LogP contribution in [0.15, 0.2) is 42.5 Å². The molecule has 144 valence electrons. The molecule has 2 aromatic rings. The van der Waals surface area contributed by atoms with Crippen LogP contribution >= 0.6 is 0 Å². The number of rotatable bonds is 8. The number of carbonyl (C=O) groups excluding carboxylic acids is 1. The van der Waals surface area contributed by atoms with E-state index in [9.17, 15) is 9.59 Å². The number of hydrogen-bond donors (Lipinski definition) is 2. The van der Waals surface area contributed by atoms with Gasteiger partial charge in [0.1, 0.15) is 5.75 Å². The van der Waals surface area contributed by atoms with Crippen molar-refractivity contribution in [3.63, 3.8) is 0 Å². The first-order chi connectivity index (χ1) is 12.7. The van der Waals surface area contributed by atoms with E-state index in [0.717, 1.165) is 23.3 Å². The van der Waals surface area contributed by atoms with E-state index in [4.69, 9.17) is 9.84 Å². The molecule has 0 atom stereocenters. The van der Waals surface area contributed by atoms with Crippen LogP contribution in [-0.2, 0) is 4.79 Å². The van der Waals surface area contributed by atoms with Crippen LogP contribution in [0.3, 0.4) is 0 Å². The average Bonchev–Trinajstić information content (AvgIpc) is 2.62. The molecule has 5 nitrogen and oxygen atoms in total. The van der Waals surface area contributed by atoms with Gasteiger partial charge in [0.25, 0.3) is 0 Å². The standard InChI is InChI=1S/C22H27NO4/c1-15-6-7-16(2)19(14-15)27-13-5-12-22(3,4)21(26)23-18-10-8-17(9-11-18)20(24)25/h6-11,14H,5,12-13H2,1-4H3,(H,23,26)(H,24,25). The summed E-state index contributed by atoms with van der Waals surface area (Å²) in [6, 6.07) is 12.3. The van der Waals surface area contributed by atoms with Crippen LogP contribution in [0.1, 0.15) is 48.2 Å². The van der Waals surface area contributed by atoms with Gasteiger partial charge in [-0.15, -0.1) is 0 Å². The fraction of sp³-hybridized carbons (Fsp3) is 0.364. The van der Waals surface area contributed by atoms with Gasteiger partial charge in [-0.05, 0) is 68.1 Å². The third kappa shape index (κ3) is 5.84. The first kappa shape index (κ1) is 20.5. The van der Waals surface area contributed by atoms with Crippen molar-refractivity contribution in [3.8, 4) is 5.75 Å². The number of aryl methyl sites for hydroxylation is 2. The minimum absolute atomic E-state index is 0.0997. The summed E-state index contributed by atoms with van der Waals surface area (Å²) in [6.07, 6.45) is 1.43. The number of carbonyl (C=O) groups is 2. The number of carboxylic acid groups (broad SMARTS) is 1. The SMILES string of the molecule is Cc1ccc(C)c(OCCCC(C)(C)C(=O)Nc2ccc(C(=O)O)cc2)c1. The molecule has 1 amide bonds. The van der Waals surface area contributed by atoms with Crippen LogP contribution in [-0.4, -0.2) is 23.6 Å². The lowest BCUT2D eigenvalue weighted by molar-refractivity contribution is -0.124. The number of aromatic carboxylic acids is 1. The molecule has 0 unspecified atom stereocenters. The van der Waals surface area contributed by atoms with Gasteiger partial charge in [-0.1, -0.05) is 26.0 Å². The summed E-state index contributed by atoms with van der Waals surface area (Å²) >= 11 is 0. The molecule has 27 heavy (non-hydrogen) atoms. The lowest BCUT2D eigenvalue weighted by Crippen LogP contribution is -2.31. The van der Waals surface area contributed by atoms with E-state index in [1.54, 1.807) is 12.1 Å². The zero-order valence-electron chi connectivity index (χ0n) is 16.3. The Balaban J connectivity index is 1.84. The fourth-order valence-electron chi connectivity index (χ4n) is 2.67. The van der Waals surface area contributed by atoms with Crippen molar-refractivity contribution >= 4 is 17.6 Å². The Morgan fingerprint density at radius 3 is 2.37 bits per heavy atom. The summed E-state index contributed by atoms with van der Waals surface area (Å²) in [5, 5.41) is 11.8. The summed E-state index contributed by atoms with van der Waals surface area (Å²) in [5.41, 5.74) is 2.48. The van der Waals surface area contributed by atoms with Crippen molar-refractivity contribution in [3.05, 3.63) is 59.2 Å². The summed E-state index contributed by atoms with van der Waals surface area (Å²) in [4.78, 5) is 23.4. The first-order valence-corrected chi connectivity index (χ1v) is 9.04. The van der Waals surface area contributed by atoms with Gasteiger partial charge in [-0.2, -0.15) is 0 Å². The van der Waals surface area contributed by atoms with Gasteiger partial charge in [0.05, 0.1) is 12.2 Å². The van der Waals surface area contributed by atoms with Crippen LogP contribution in [0.25, 0.3) is 0 Å². The van der Waals surface area contributed by atoms with E-state index in [2.05, 4.69) is 11.4 Å². The third-order valence-corrected chi connectivity index (χ3v) is 4.55. The molecule has 0 saturated heterocycles. The molecule has 5 heteroatoms. The molecule has 0 fully saturated rings. The highest BCUT2D eigenvalue weighted by Gasteiger charge is 2.27. The second-order valence-electron chi connectivity index (χ2n) is 7.44. The normalized spacial score (nSPS) is 11.1. The number of amides is 1. The summed E-state index contributed by atoms with van der Waals surface area (Å²) in [6.45, 7) is 8.39. The Morgan fingerprint density at radius 2 is 1.74 bits per heavy atom. The number of hydrogen-bond acceptors (Lipinski definition) is 3. The van der Waals surface area contributed by atoms with Gasteiger partial charge in [-0.3, -0.25) is 4.79 Å². The van der Waals surface area contributed by atoms with Gasteiger partial charge >= 0.3 is 5.97 Å². The zero-order chi connectivity index (χ0) is 20.0. The molecule has 2 rings (SSSR count). The molecular formula is C22H27NO4. The molecule has 0 spiro atoms. The Bertz CT molecular complexity index is 810. The largest absolute Gasteiger partial charge is 0.493 e. The summed E-state index contributed by atoms with van der Waals surface area (Å²) < 4.78 is 5.86. The lowest BCUT2D eigenvalue weighted by atomic mass is 9.87. The van der Waals surface area contributed by atoms with Crippen molar-refractivity contribution in [1.29, 1.82) is 0 Å². The van der Waals surface area contributed by atoms with Crippen LogP contribution < -0.4 is 10.1 Å². The Labute approximate surface area is 160 Å². The van der Waals surface area contributed by atoms with Crippen molar-refractivity contribution < 1.29 is 19.4 Å². The van der Waals surface area contributed by atoms with Crippen LogP contribution in [0.2, 0.25) is 0 Å². The molecule has 0 aliphatic rings. The second-order valence-corrected chi connectivity index (χ2v) is 7.44. The smallest absolute Gasteiger partial charge is 0.335 e. The van der Waals surface area contributed by atoms with E-state index in [1.807, 2.05) is 39.8 Å². The second kappa shape index (κ2) is 8.71. The van der Waals surface area contributed by atoms with E-state index < -0.39 is 11.4 Å². The molecule has 2 aromatic carbocycles. The van der Waals surface area contributed by atoms with Gasteiger partial charge in [0.15, 0.2) is 0 Å². The molecule has 0 bridgehead atoms. The Kier molecular flexibility index (Phi) is 6.61. The van der Waals surface area contributed by atoms with Gasteiger partial charge in [-0.25, -0.2) is 4.79 Å². The topological polar surface area (TPSA) is 75.6 Å². The molecule has 0 aliphatic heterocycles. The Hall–Kier alpha value is -2.82. The van der Waals surface area contributed by atoms with Crippen molar-refractivity contribution in [2.45, 2.75) is 40.5 Å². The highest BCUT2D eigenvalue weighted by Crippen LogP contribution is 2.26. The predicted molar refractivity (Wildman–Crippen MR) is 106 cm³/mol. The molecular weight excluding hydrogens is 342 g/mol. The maximum Gasteiger partial charge on any atom is 0.335 e. The first-order valence-electron chi connectivity index (χ1n) is 9.04. The molecule has 0 saturated carbocycles. The number of ether oxygens (including phenoxy) is 1. The highest BCUT2D eigenvalue weighted by atomic mass is 16.5. The summed E-state index contributed by atoms with van der Waals surface area (Å²) in [5.74, 6) is -0.204. The van der Waals surface area contributed by atoms with Crippen molar-refractivity contribution in [1.82, 2.24) is 0 Å². The number of nitrogens with one attached hydrogen (secondary N) is 1. The maximum atomic E-state index is 12.5. The Morgan fingerprint density at radius 1 is 1.07 bits per heavy atom. The molecule has 0 aliphatic carbocycles. The minimum Gasteiger partial charge on any atom is -0.493 e. The number of anilines is 1.